The van der Waals surface area contributed by atoms with Gasteiger partial charge in [0.2, 0.25) is 0 Å². The number of rotatable bonds is 7. The largest absolute Gasteiger partial charge is 0.361 e. The summed E-state index contributed by atoms with van der Waals surface area (Å²) in [7, 11) is -1.05. The Kier molecular flexibility index (Phi) is 5.09. The summed E-state index contributed by atoms with van der Waals surface area (Å²) in [5.41, 5.74) is 2.16. The van der Waals surface area contributed by atoms with Crippen LogP contribution in [0.2, 0.25) is 30.8 Å². The van der Waals surface area contributed by atoms with Gasteiger partial charge in [0.25, 0.3) is 0 Å². The van der Waals surface area contributed by atoms with Crippen molar-refractivity contribution in [2.75, 3.05) is 6.61 Å². The van der Waals surface area contributed by atoms with Gasteiger partial charge in [-0.2, -0.15) is 0 Å². The Morgan fingerprint density at radius 1 is 1.30 bits per heavy atom. The summed E-state index contributed by atoms with van der Waals surface area (Å²) in [5, 5.41) is 1.57. The van der Waals surface area contributed by atoms with E-state index in [2.05, 4.69) is 40.4 Å². The summed E-state index contributed by atoms with van der Waals surface area (Å²) in [4.78, 5) is 8.60. The van der Waals surface area contributed by atoms with Crippen molar-refractivity contribution in [3.05, 3.63) is 23.2 Å². The van der Waals surface area contributed by atoms with E-state index < -0.39 is 8.07 Å². The molecule has 0 spiro atoms. The number of hydrogen-bond acceptors (Lipinski definition) is 3. The van der Waals surface area contributed by atoms with Crippen molar-refractivity contribution in [3.8, 4) is 0 Å². The number of hydrogen-bond donors (Lipinski definition) is 0. The minimum absolute atomic E-state index is 0.541. The molecule has 0 aliphatic heterocycles. The van der Waals surface area contributed by atoms with Gasteiger partial charge in [-0.15, -0.1) is 0 Å². The normalized spacial score (nSPS) is 16.0. The quantitative estimate of drug-likeness (QED) is 0.411. The van der Waals surface area contributed by atoms with Gasteiger partial charge in [0.05, 0.1) is 5.39 Å². The molecule has 3 rings (SSSR count). The molecular weight excluding hydrogens is 326 g/mol. The van der Waals surface area contributed by atoms with Gasteiger partial charge in [-0.25, -0.2) is 9.97 Å². The topological polar surface area (TPSA) is 39.9 Å². The summed E-state index contributed by atoms with van der Waals surface area (Å²) in [6.45, 7) is 8.45. The molecule has 0 saturated heterocycles. The number of halogens is 1. The lowest BCUT2D eigenvalue weighted by molar-refractivity contribution is 0.0897. The predicted octanol–water partition coefficient (Wildman–Crippen LogP) is 4.74. The van der Waals surface area contributed by atoms with E-state index in [1.807, 2.05) is 0 Å². The lowest BCUT2D eigenvalue weighted by Crippen LogP contribution is -2.22. The van der Waals surface area contributed by atoms with E-state index in [0.717, 1.165) is 30.0 Å². The second-order valence-corrected chi connectivity index (χ2v) is 13.8. The van der Waals surface area contributed by atoms with Gasteiger partial charge in [-0.1, -0.05) is 50.5 Å². The monoisotopic (exact) mass is 351 g/mol. The van der Waals surface area contributed by atoms with Crippen LogP contribution < -0.4 is 0 Å². The van der Waals surface area contributed by atoms with Crippen LogP contribution in [0.4, 0.5) is 0 Å². The van der Waals surface area contributed by atoms with Crippen molar-refractivity contribution in [2.24, 2.45) is 5.92 Å². The minimum atomic E-state index is -1.05. The van der Waals surface area contributed by atoms with E-state index in [4.69, 9.17) is 16.3 Å². The number of nitrogens with zero attached hydrogens (tertiary/aromatic N) is 3. The fraction of sp³-hybridized carbons (Fsp3) is 0.647. The molecule has 1 fully saturated rings. The van der Waals surface area contributed by atoms with Crippen molar-refractivity contribution in [1.29, 1.82) is 0 Å². The highest BCUT2D eigenvalue weighted by Gasteiger charge is 2.22. The first-order valence-electron chi connectivity index (χ1n) is 8.50. The Hall–Kier alpha value is -0.913. The molecule has 2 aromatic rings. The lowest BCUT2D eigenvalue weighted by Gasteiger charge is -2.24. The third-order valence-electron chi connectivity index (χ3n) is 4.65. The van der Waals surface area contributed by atoms with Crippen LogP contribution in [0.25, 0.3) is 11.0 Å². The van der Waals surface area contributed by atoms with E-state index >= 15 is 0 Å². The second-order valence-electron chi connectivity index (χ2n) is 7.84. The third kappa shape index (κ3) is 4.14. The van der Waals surface area contributed by atoms with E-state index in [9.17, 15) is 0 Å². The Bertz CT molecular complexity index is 676. The summed E-state index contributed by atoms with van der Waals surface area (Å²) >= 11 is 6.34. The standard InChI is InChI=1S/C17H26ClN3OSi/c1-23(2,3)8-7-22-12-21-10-14(9-13-5-4-6-13)15-16(18)19-11-20-17(15)21/h10-11,13H,4-9,12H2,1-3H3. The highest BCUT2D eigenvalue weighted by Crippen LogP contribution is 2.34. The molecule has 1 aliphatic rings. The maximum absolute atomic E-state index is 6.34. The van der Waals surface area contributed by atoms with Crippen LogP contribution in [0.1, 0.15) is 24.8 Å². The molecule has 2 heterocycles. The molecule has 2 aromatic heterocycles. The molecule has 0 radical (unpaired) electrons. The summed E-state index contributed by atoms with van der Waals surface area (Å²) < 4.78 is 7.98. The lowest BCUT2D eigenvalue weighted by atomic mass is 9.81. The summed E-state index contributed by atoms with van der Waals surface area (Å²) in [6.07, 6.45) is 8.78. The van der Waals surface area contributed by atoms with Crippen LogP contribution in [0, 0.1) is 5.92 Å². The van der Waals surface area contributed by atoms with Crippen LogP contribution in [0.5, 0.6) is 0 Å². The Labute approximate surface area is 144 Å². The Morgan fingerprint density at radius 3 is 2.74 bits per heavy atom. The van der Waals surface area contributed by atoms with E-state index in [1.54, 1.807) is 0 Å². The molecule has 4 nitrogen and oxygen atoms in total. The van der Waals surface area contributed by atoms with Crippen LogP contribution in [0.15, 0.2) is 12.5 Å². The summed E-state index contributed by atoms with van der Waals surface area (Å²) in [6, 6.07) is 1.18. The SMILES string of the molecule is C[Si](C)(C)CCOCn1cc(CC2CCC2)c2c(Cl)ncnc21. The molecule has 0 N–H and O–H groups in total. The molecule has 1 saturated carbocycles. The molecule has 0 unspecified atom stereocenters. The fourth-order valence-electron chi connectivity index (χ4n) is 2.97. The molecule has 0 atom stereocenters. The van der Waals surface area contributed by atoms with Crippen molar-refractivity contribution < 1.29 is 4.74 Å². The molecule has 6 heteroatoms. The van der Waals surface area contributed by atoms with Gasteiger partial charge in [-0.3, -0.25) is 0 Å². The summed E-state index contributed by atoms with van der Waals surface area (Å²) in [5.74, 6) is 0.790. The first-order valence-corrected chi connectivity index (χ1v) is 12.6. The van der Waals surface area contributed by atoms with Crippen LogP contribution in [-0.2, 0) is 17.9 Å². The van der Waals surface area contributed by atoms with Gasteiger partial charge < -0.3 is 9.30 Å². The highest BCUT2D eigenvalue weighted by atomic mass is 35.5. The molecule has 23 heavy (non-hydrogen) atoms. The van der Waals surface area contributed by atoms with Crippen molar-refractivity contribution in [3.63, 3.8) is 0 Å². The Morgan fingerprint density at radius 2 is 2.09 bits per heavy atom. The van der Waals surface area contributed by atoms with Crippen LogP contribution in [-0.4, -0.2) is 29.2 Å². The van der Waals surface area contributed by atoms with E-state index in [-0.39, 0.29) is 0 Å². The van der Waals surface area contributed by atoms with Gasteiger partial charge in [0.15, 0.2) is 0 Å². The van der Waals surface area contributed by atoms with Gasteiger partial charge in [0, 0.05) is 20.9 Å². The molecule has 0 amide bonds. The van der Waals surface area contributed by atoms with Crippen LogP contribution >= 0.6 is 11.6 Å². The zero-order valence-electron chi connectivity index (χ0n) is 14.3. The second kappa shape index (κ2) is 6.91. The third-order valence-corrected chi connectivity index (χ3v) is 6.64. The molecule has 1 aliphatic carbocycles. The van der Waals surface area contributed by atoms with Crippen LogP contribution in [0.3, 0.4) is 0 Å². The fourth-order valence-corrected chi connectivity index (χ4v) is 3.97. The highest BCUT2D eigenvalue weighted by molar-refractivity contribution is 6.76. The van der Waals surface area contributed by atoms with Gasteiger partial charge in [-0.05, 0) is 23.9 Å². The van der Waals surface area contributed by atoms with Crippen molar-refractivity contribution in [1.82, 2.24) is 14.5 Å². The van der Waals surface area contributed by atoms with E-state index in [0.29, 0.717) is 11.9 Å². The molecule has 0 aromatic carbocycles. The maximum atomic E-state index is 6.34. The van der Waals surface area contributed by atoms with E-state index in [1.165, 1.54) is 37.2 Å². The maximum Gasteiger partial charge on any atom is 0.147 e. The predicted molar refractivity (Wildman–Crippen MR) is 97.7 cm³/mol. The number of ether oxygens (including phenoxy) is 1. The molecule has 0 bridgehead atoms. The Balaban J connectivity index is 1.75. The molecule has 126 valence electrons. The number of aromatic nitrogens is 3. The van der Waals surface area contributed by atoms with Crippen molar-refractivity contribution >= 4 is 30.7 Å². The number of fused-ring (bicyclic) bond motifs is 1. The van der Waals surface area contributed by atoms with Gasteiger partial charge >= 0.3 is 0 Å². The van der Waals surface area contributed by atoms with Gasteiger partial charge in [0.1, 0.15) is 23.9 Å². The smallest absolute Gasteiger partial charge is 0.147 e. The average molecular weight is 352 g/mol. The zero-order valence-corrected chi connectivity index (χ0v) is 16.1. The minimum Gasteiger partial charge on any atom is -0.361 e. The average Bonchev–Trinajstić information content (AvgIpc) is 2.78. The zero-order chi connectivity index (χ0) is 16.4. The molecular formula is C17H26ClN3OSi. The first-order chi connectivity index (χ1) is 10.9. The van der Waals surface area contributed by atoms with Crippen molar-refractivity contribution in [2.45, 2.75) is 58.1 Å². The first kappa shape index (κ1) is 16.9.